The summed E-state index contributed by atoms with van der Waals surface area (Å²) < 4.78 is 9.52. The number of pyridine rings is 1. The zero-order valence-corrected chi connectivity index (χ0v) is 16.0. The molecular formula is C18H19ClN8O. The molecule has 144 valence electrons. The second-order valence-corrected chi connectivity index (χ2v) is 6.43. The third-order valence-corrected chi connectivity index (χ3v) is 4.68. The number of hydrogen-bond acceptors (Lipinski definition) is 7. The van der Waals surface area contributed by atoms with E-state index in [9.17, 15) is 0 Å². The Morgan fingerprint density at radius 3 is 2.93 bits per heavy atom. The average Bonchev–Trinajstić information content (AvgIpc) is 3.46. The zero-order chi connectivity index (χ0) is 18.2. The van der Waals surface area contributed by atoms with Crippen LogP contribution in [0.4, 0.5) is 0 Å². The number of hydrogen-bond donors (Lipinski definition) is 1. The molecule has 5 rings (SSSR count). The first-order valence-corrected chi connectivity index (χ1v) is 8.85. The highest BCUT2D eigenvalue weighted by Gasteiger charge is 2.22. The van der Waals surface area contributed by atoms with E-state index in [0.717, 1.165) is 36.8 Å². The van der Waals surface area contributed by atoms with Crippen LogP contribution < -0.4 is 5.32 Å². The number of aromatic nitrogens is 7. The van der Waals surface area contributed by atoms with Gasteiger partial charge in [0, 0.05) is 31.7 Å². The maximum absolute atomic E-state index is 5.49. The fourth-order valence-electron chi connectivity index (χ4n) is 3.25. The molecular weight excluding hydrogens is 380 g/mol. The number of halogens is 1. The monoisotopic (exact) mass is 398 g/mol. The summed E-state index contributed by atoms with van der Waals surface area (Å²) in [5, 5.41) is 12.1. The van der Waals surface area contributed by atoms with Crippen LogP contribution in [-0.4, -0.2) is 41.0 Å². The maximum atomic E-state index is 5.49. The Hall–Kier alpha value is -3.04. The Balaban J connectivity index is 0.00000192. The molecule has 0 aliphatic carbocycles. The van der Waals surface area contributed by atoms with Crippen molar-refractivity contribution in [2.75, 3.05) is 6.54 Å². The molecule has 0 saturated heterocycles. The van der Waals surface area contributed by atoms with Crippen molar-refractivity contribution in [1.82, 2.24) is 39.8 Å². The minimum atomic E-state index is -0.177. The predicted octanol–water partition coefficient (Wildman–Crippen LogP) is 2.33. The molecule has 0 fully saturated rings. The van der Waals surface area contributed by atoms with Crippen LogP contribution in [0.5, 0.6) is 0 Å². The zero-order valence-electron chi connectivity index (χ0n) is 15.2. The van der Waals surface area contributed by atoms with Gasteiger partial charge in [-0.1, -0.05) is 11.2 Å². The normalized spacial score (nSPS) is 14.3. The van der Waals surface area contributed by atoms with Crippen LogP contribution in [0.1, 0.15) is 24.6 Å². The molecule has 0 spiro atoms. The van der Waals surface area contributed by atoms with Crippen LogP contribution in [0.15, 0.2) is 47.4 Å². The summed E-state index contributed by atoms with van der Waals surface area (Å²) in [4.78, 5) is 13.3. The molecule has 0 radical (unpaired) electrons. The van der Waals surface area contributed by atoms with E-state index in [2.05, 4.69) is 31.5 Å². The van der Waals surface area contributed by atoms with Gasteiger partial charge in [0.1, 0.15) is 17.4 Å². The van der Waals surface area contributed by atoms with Gasteiger partial charge in [-0.05, 0) is 25.1 Å². The molecule has 10 heteroatoms. The number of nitrogens with zero attached hydrogens (tertiary/aromatic N) is 7. The van der Waals surface area contributed by atoms with E-state index in [-0.39, 0.29) is 18.4 Å². The van der Waals surface area contributed by atoms with Crippen molar-refractivity contribution in [2.45, 2.75) is 26.1 Å². The molecule has 5 heterocycles. The molecule has 4 aromatic heterocycles. The van der Waals surface area contributed by atoms with Gasteiger partial charge in [0.15, 0.2) is 5.82 Å². The van der Waals surface area contributed by atoms with E-state index in [1.165, 1.54) is 0 Å². The maximum Gasteiger partial charge on any atom is 0.249 e. The molecule has 1 aliphatic heterocycles. The van der Waals surface area contributed by atoms with Gasteiger partial charge in [-0.25, -0.2) is 4.98 Å². The van der Waals surface area contributed by atoms with Crippen molar-refractivity contribution in [2.24, 2.45) is 0 Å². The fraction of sp³-hybridized carbons (Fsp3) is 0.278. The van der Waals surface area contributed by atoms with Crippen LogP contribution in [0, 0.1) is 0 Å². The van der Waals surface area contributed by atoms with Gasteiger partial charge in [-0.15, -0.1) is 12.4 Å². The third-order valence-electron chi connectivity index (χ3n) is 4.68. The van der Waals surface area contributed by atoms with Gasteiger partial charge in [0.25, 0.3) is 0 Å². The highest BCUT2D eigenvalue weighted by molar-refractivity contribution is 5.85. The lowest BCUT2D eigenvalue weighted by molar-refractivity contribution is 0.346. The van der Waals surface area contributed by atoms with E-state index in [1.807, 2.05) is 40.6 Å². The first-order valence-electron chi connectivity index (χ1n) is 8.85. The second-order valence-electron chi connectivity index (χ2n) is 6.43. The Morgan fingerprint density at radius 1 is 1.18 bits per heavy atom. The highest BCUT2D eigenvalue weighted by atomic mass is 35.5. The number of rotatable bonds is 4. The SMILES string of the molecule is CC(c1nc(-c2ccccn2)no1)n1ccnc1-c1cc2n(n1)CCNC2.Cl. The van der Waals surface area contributed by atoms with Crippen LogP contribution in [0.25, 0.3) is 23.0 Å². The predicted molar refractivity (Wildman–Crippen MR) is 104 cm³/mol. The van der Waals surface area contributed by atoms with E-state index < -0.39 is 0 Å². The van der Waals surface area contributed by atoms with E-state index in [0.29, 0.717) is 17.4 Å². The van der Waals surface area contributed by atoms with Crippen molar-refractivity contribution in [1.29, 1.82) is 0 Å². The summed E-state index contributed by atoms with van der Waals surface area (Å²) in [6.07, 6.45) is 5.37. The van der Waals surface area contributed by atoms with Crippen LogP contribution in [0.3, 0.4) is 0 Å². The second kappa shape index (κ2) is 7.53. The van der Waals surface area contributed by atoms with Gasteiger partial charge in [-0.2, -0.15) is 10.1 Å². The molecule has 9 nitrogen and oxygen atoms in total. The molecule has 0 saturated carbocycles. The molecule has 4 aromatic rings. The largest absolute Gasteiger partial charge is 0.337 e. The van der Waals surface area contributed by atoms with Gasteiger partial charge >= 0.3 is 0 Å². The summed E-state index contributed by atoms with van der Waals surface area (Å²) in [6.45, 7) is 4.61. The Bertz CT molecular complexity index is 1050. The van der Waals surface area contributed by atoms with Crippen LogP contribution in [0.2, 0.25) is 0 Å². The number of imidazole rings is 1. The Labute approximate surface area is 167 Å². The van der Waals surface area contributed by atoms with Crippen molar-refractivity contribution in [3.05, 3.63) is 54.4 Å². The minimum Gasteiger partial charge on any atom is -0.337 e. The van der Waals surface area contributed by atoms with Crippen LogP contribution >= 0.6 is 12.4 Å². The Morgan fingerprint density at radius 2 is 2.11 bits per heavy atom. The average molecular weight is 399 g/mol. The molecule has 1 aliphatic rings. The van der Waals surface area contributed by atoms with Crippen molar-refractivity contribution in [3.63, 3.8) is 0 Å². The van der Waals surface area contributed by atoms with Crippen molar-refractivity contribution < 1.29 is 4.52 Å². The van der Waals surface area contributed by atoms with E-state index >= 15 is 0 Å². The fourth-order valence-corrected chi connectivity index (χ4v) is 3.25. The van der Waals surface area contributed by atoms with Gasteiger partial charge in [0.05, 0.1) is 12.2 Å². The first kappa shape index (κ1) is 18.3. The first-order chi connectivity index (χ1) is 13.3. The lowest BCUT2D eigenvalue weighted by atomic mass is 10.2. The van der Waals surface area contributed by atoms with Crippen molar-refractivity contribution in [3.8, 4) is 23.0 Å². The topological polar surface area (TPSA) is 99.5 Å². The standard InChI is InChI=1S/C18H18N8O.ClH/c1-12(18-22-16(24-27-18)14-4-2-3-5-20-14)25-8-7-21-17(25)15-10-13-11-19-6-9-26(13)23-15;/h2-5,7-8,10,12,19H,6,9,11H2,1H3;1H. The summed E-state index contributed by atoms with van der Waals surface area (Å²) in [5.41, 5.74) is 2.68. The molecule has 0 aromatic carbocycles. The van der Waals surface area contributed by atoms with Gasteiger partial charge < -0.3 is 14.4 Å². The molecule has 1 N–H and O–H groups in total. The minimum absolute atomic E-state index is 0. The molecule has 28 heavy (non-hydrogen) atoms. The quantitative estimate of drug-likeness (QED) is 0.563. The summed E-state index contributed by atoms with van der Waals surface area (Å²) in [6, 6.07) is 7.50. The number of fused-ring (bicyclic) bond motifs is 1. The third kappa shape index (κ3) is 3.19. The number of nitrogens with one attached hydrogen (secondary N) is 1. The van der Waals surface area contributed by atoms with Gasteiger partial charge in [0.2, 0.25) is 11.7 Å². The molecule has 1 atom stereocenters. The van der Waals surface area contributed by atoms with E-state index in [1.54, 1.807) is 12.4 Å². The Kier molecular flexibility index (Phi) is 4.93. The lowest BCUT2D eigenvalue weighted by Crippen LogP contribution is -2.28. The van der Waals surface area contributed by atoms with Crippen LogP contribution in [-0.2, 0) is 13.1 Å². The molecule has 1 unspecified atom stereocenters. The summed E-state index contributed by atoms with van der Waals surface area (Å²) in [7, 11) is 0. The molecule has 0 bridgehead atoms. The summed E-state index contributed by atoms with van der Waals surface area (Å²) >= 11 is 0. The van der Waals surface area contributed by atoms with E-state index in [4.69, 9.17) is 9.62 Å². The highest BCUT2D eigenvalue weighted by Crippen LogP contribution is 2.26. The smallest absolute Gasteiger partial charge is 0.249 e. The van der Waals surface area contributed by atoms with Gasteiger partial charge in [-0.3, -0.25) is 9.67 Å². The van der Waals surface area contributed by atoms with Crippen molar-refractivity contribution >= 4 is 12.4 Å². The lowest BCUT2D eigenvalue weighted by Gasteiger charge is -2.13. The molecule has 0 amide bonds. The summed E-state index contributed by atoms with van der Waals surface area (Å²) in [5.74, 6) is 1.75.